The second kappa shape index (κ2) is 10.4. The van der Waals surface area contributed by atoms with Gasteiger partial charge in [0.05, 0.1) is 12.0 Å². The van der Waals surface area contributed by atoms with Gasteiger partial charge in [0.1, 0.15) is 0 Å². The number of benzene rings is 3. The van der Waals surface area contributed by atoms with E-state index in [-0.39, 0.29) is 11.7 Å². The Bertz CT molecular complexity index is 1240. The minimum Gasteiger partial charge on any atom is -0.272 e. The van der Waals surface area contributed by atoms with Gasteiger partial charge in [-0.2, -0.15) is 5.10 Å². The summed E-state index contributed by atoms with van der Waals surface area (Å²) in [6, 6.07) is 25.6. The third kappa shape index (κ3) is 5.33. The topological polar surface area (TPSA) is 72.2 Å². The minimum atomic E-state index is -0.216. The number of nitrogens with one attached hydrogen (secondary N) is 1. The fourth-order valence-corrected chi connectivity index (χ4v) is 4.04. The zero-order valence-electron chi connectivity index (χ0n) is 17.3. The number of aryl methyl sites for hydroxylation is 1. The summed E-state index contributed by atoms with van der Waals surface area (Å²) >= 11 is 4.78. The smallest absolute Gasteiger partial charge is 0.250 e. The van der Waals surface area contributed by atoms with E-state index in [4.69, 9.17) is 0 Å². The molecule has 8 heteroatoms. The highest BCUT2D eigenvalue weighted by atomic mass is 79.9. The maximum absolute atomic E-state index is 12.4. The molecule has 32 heavy (non-hydrogen) atoms. The van der Waals surface area contributed by atoms with Gasteiger partial charge < -0.3 is 0 Å². The third-order valence-electron chi connectivity index (χ3n) is 4.66. The average molecular weight is 506 g/mol. The molecule has 1 amide bonds. The van der Waals surface area contributed by atoms with Gasteiger partial charge in [0.15, 0.2) is 11.0 Å². The summed E-state index contributed by atoms with van der Waals surface area (Å²) < 4.78 is 2.94. The van der Waals surface area contributed by atoms with Crippen LogP contribution in [0.3, 0.4) is 0 Å². The first-order valence-electron chi connectivity index (χ1n) is 9.89. The molecule has 1 aromatic heterocycles. The van der Waals surface area contributed by atoms with E-state index in [1.54, 1.807) is 6.21 Å². The highest BCUT2D eigenvalue weighted by Crippen LogP contribution is 2.28. The Morgan fingerprint density at radius 3 is 2.50 bits per heavy atom. The maximum Gasteiger partial charge on any atom is 0.250 e. The van der Waals surface area contributed by atoms with Gasteiger partial charge in [-0.15, -0.1) is 10.2 Å². The number of rotatable bonds is 7. The zero-order valence-corrected chi connectivity index (χ0v) is 19.7. The summed E-state index contributed by atoms with van der Waals surface area (Å²) in [4.78, 5) is 12.4. The Kier molecular flexibility index (Phi) is 7.14. The second-order valence-electron chi connectivity index (χ2n) is 6.92. The number of nitrogens with zero attached hydrogens (tertiary/aromatic N) is 4. The van der Waals surface area contributed by atoms with Crippen LogP contribution in [0, 0.1) is 6.92 Å². The Labute approximate surface area is 198 Å². The summed E-state index contributed by atoms with van der Waals surface area (Å²) in [6.07, 6.45) is 1.65. The van der Waals surface area contributed by atoms with Crippen LogP contribution in [0.15, 0.2) is 93.6 Å². The van der Waals surface area contributed by atoms with E-state index in [1.165, 1.54) is 11.8 Å². The van der Waals surface area contributed by atoms with Crippen molar-refractivity contribution in [3.8, 4) is 17.1 Å². The molecule has 4 rings (SSSR count). The number of thioether (sulfide) groups is 1. The highest BCUT2D eigenvalue weighted by molar-refractivity contribution is 9.10. The van der Waals surface area contributed by atoms with Crippen LogP contribution in [0.5, 0.6) is 0 Å². The van der Waals surface area contributed by atoms with E-state index in [0.717, 1.165) is 26.9 Å². The summed E-state index contributed by atoms with van der Waals surface area (Å²) in [5.41, 5.74) is 6.50. The van der Waals surface area contributed by atoms with Crippen LogP contribution in [0.4, 0.5) is 0 Å². The normalized spacial score (nSPS) is 11.1. The molecule has 4 aromatic rings. The van der Waals surface area contributed by atoms with Crippen LogP contribution in [0.25, 0.3) is 17.1 Å². The van der Waals surface area contributed by atoms with Crippen molar-refractivity contribution in [1.82, 2.24) is 20.2 Å². The lowest BCUT2D eigenvalue weighted by atomic mass is 10.1. The molecule has 0 bridgehead atoms. The maximum atomic E-state index is 12.4. The first kappa shape index (κ1) is 22.0. The van der Waals surface area contributed by atoms with Crippen LogP contribution in [-0.4, -0.2) is 32.6 Å². The van der Waals surface area contributed by atoms with Crippen molar-refractivity contribution >= 4 is 39.8 Å². The van der Waals surface area contributed by atoms with Crippen molar-refractivity contribution in [1.29, 1.82) is 0 Å². The summed E-state index contributed by atoms with van der Waals surface area (Å²) in [7, 11) is 0. The van der Waals surface area contributed by atoms with Gasteiger partial charge in [0.2, 0.25) is 0 Å². The van der Waals surface area contributed by atoms with E-state index in [2.05, 4.69) is 36.7 Å². The van der Waals surface area contributed by atoms with Crippen molar-refractivity contribution in [2.45, 2.75) is 12.1 Å². The predicted molar refractivity (Wildman–Crippen MR) is 132 cm³/mol. The average Bonchev–Trinajstić information content (AvgIpc) is 3.24. The van der Waals surface area contributed by atoms with Gasteiger partial charge in [-0.25, -0.2) is 5.43 Å². The van der Waals surface area contributed by atoms with Gasteiger partial charge in [0.25, 0.3) is 5.91 Å². The van der Waals surface area contributed by atoms with Crippen molar-refractivity contribution in [3.63, 3.8) is 0 Å². The molecule has 160 valence electrons. The summed E-state index contributed by atoms with van der Waals surface area (Å²) in [5.74, 6) is 0.661. The quantitative estimate of drug-likeness (QED) is 0.211. The predicted octanol–water partition coefficient (Wildman–Crippen LogP) is 5.25. The van der Waals surface area contributed by atoms with Crippen molar-refractivity contribution in [2.24, 2.45) is 5.10 Å². The number of aromatic nitrogens is 3. The van der Waals surface area contributed by atoms with Crippen LogP contribution in [-0.2, 0) is 4.79 Å². The number of hydrazone groups is 1. The van der Waals surface area contributed by atoms with Crippen LogP contribution in [0.1, 0.15) is 11.1 Å². The number of carbonyl (C=O) groups excluding carboxylic acids is 1. The van der Waals surface area contributed by atoms with Crippen LogP contribution >= 0.6 is 27.7 Å². The fourth-order valence-electron chi connectivity index (χ4n) is 3.03. The second-order valence-corrected chi connectivity index (χ2v) is 8.78. The van der Waals surface area contributed by atoms with Gasteiger partial charge >= 0.3 is 0 Å². The zero-order chi connectivity index (χ0) is 22.3. The standard InChI is InChI=1S/C24H20BrN5OS/c1-17-7-5-6-10-19(17)15-26-27-22(31)16-32-24-29-28-23(18-8-3-2-4-9-18)30(24)21-13-11-20(25)12-14-21/h2-15H,16H2,1H3,(H,27,31)/b26-15-. The van der Waals surface area contributed by atoms with E-state index in [1.807, 2.05) is 90.4 Å². The lowest BCUT2D eigenvalue weighted by Gasteiger charge is -2.10. The first-order valence-corrected chi connectivity index (χ1v) is 11.7. The summed E-state index contributed by atoms with van der Waals surface area (Å²) in [6.45, 7) is 2.00. The highest BCUT2D eigenvalue weighted by Gasteiger charge is 2.17. The molecular weight excluding hydrogens is 486 g/mol. The molecule has 0 saturated heterocycles. The van der Waals surface area contributed by atoms with Crippen molar-refractivity contribution < 1.29 is 4.79 Å². The van der Waals surface area contributed by atoms with Gasteiger partial charge in [-0.1, -0.05) is 82.3 Å². The minimum absolute atomic E-state index is 0.161. The molecule has 0 radical (unpaired) electrons. The van der Waals surface area contributed by atoms with Crippen LogP contribution in [0.2, 0.25) is 0 Å². The molecule has 0 aliphatic carbocycles. The molecule has 0 spiro atoms. The lowest BCUT2D eigenvalue weighted by Crippen LogP contribution is -2.20. The molecule has 0 aliphatic heterocycles. The van der Waals surface area contributed by atoms with Gasteiger partial charge in [0, 0.05) is 15.7 Å². The summed E-state index contributed by atoms with van der Waals surface area (Å²) in [5, 5.41) is 13.4. The fraction of sp³-hybridized carbons (Fsp3) is 0.0833. The Morgan fingerprint density at radius 1 is 1.03 bits per heavy atom. The molecule has 1 N–H and O–H groups in total. The Hall–Kier alpha value is -3.23. The Morgan fingerprint density at radius 2 is 1.75 bits per heavy atom. The van der Waals surface area contributed by atoms with Crippen molar-refractivity contribution in [2.75, 3.05) is 5.75 Å². The SMILES string of the molecule is Cc1ccccc1/C=N\NC(=O)CSc1nnc(-c2ccccc2)n1-c1ccc(Br)cc1. The molecule has 3 aromatic carbocycles. The number of hydrogen-bond acceptors (Lipinski definition) is 5. The third-order valence-corrected chi connectivity index (χ3v) is 6.12. The monoisotopic (exact) mass is 505 g/mol. The van der Waals surface area contributed by atoms with E-state index >= 15 is 0 Å². The molecule has 0 fully saturated rings. The number of amides is 1. The van der Waals surface area contributed by atoms with E-state index in [9.17, 15) is 4.79 Å². The Balaban J connectivity index is 1.51. The number of halogens is 1. The number of carbonyl (C=O) groups is 1. The van der Waals surface area contributed by atoms with E-state index in [0.29, 0.717) is 11.0 Å². The first-order chi connectivity index (χ1) is 15.6. The number of hydrogen-bond donors (Lipinski definition) is 1. The van der Waals surface area contributed by atoms with Crippen LogP contribution < -0.4 is 5.43 Å². The lowest BCUT2D eigenvalue weighted by molar-refractivity contribution is -0.118. The van der Waals surface area contributed by atoms with Gasteiger partial charge in [-0.05, 0) is 42.3 Å². The van der Waals surface area contributed by atoms with Crippen molar-refractivity contribution in [3.05, 3.63) is 94.5 Å². The molecule has 6 nitrogen and oxygen atoms in total. The molecule has 1 heterocycles. The molecular formula is C24H20BrN5OS. The molecule has 0 unspecified atom stereocenters. The largest absolute Gasteiger partial charge is 0.272 e. The molecule has 0 saturated carbocycles. The molecule has 0 atom stereocenters. The molecule has 0 aliphatic rings. The van der Waals surface area contributed by atoms with E-state index < -0.39 is 0 Å². The van der Waals surface area contributed by atoms with Gasteiger partial charge in [-0.3, -0.25) is 9.36 Å².